The van der Waals surface area contributed by atoms with Crippen LogP contribution in [-0.2, 0) is 20.9 Å². The Hall–Kier alpha value is -1.79. The zero-order chi connectivity index (χ0) is 19.2. The first kappa shape index (κ1) is 25.2. The molecule has 0 aliphatic rings. The third-order valence-corrected chi connectivity index (χ3v) is 4.34. The van der Waals surface area contributed by atoms with Crippen LogP contribution in [-0.4, -0.2) is 31.3 Å². The molecule has 0 bridgehead atoms. The van der Waals surface area contributed by atoms with E-state index in [1.807, 2.05) is 30.3 Å². The van der Waals surface area contributed by atoms with Gasteiger partial charge in [0.05, 0.1) is 6.61 Å². The summed E-state index contributed by atoms with van der Waals surface area (Å²) in [5, 5.41) is 2.69. The van der Waals surface area contributed by atoms with Crippen molar-refractivity contribution in [2.24, 2.45) is 11.7 Å². The van der Waals surface area contributed by atoms with Crippen LogP contribution in [0.4, 0.5) is 4.79 Å². The van der Waals surface area contributed by atoms with E-state index in [0.29, 0.717) is 25.5 Å². The summed E-state index contributed by atoms with van der Waals surface area (Å²) in [6.07, 6.45) is 3.55. The minimum absolute atomic E-state index is 0. The van der Waals surface area contributed by atoms with E-state index >= 15 is 0 Å². The number of halogens is 1. The smallest absolute Gasteiger partial charge is 0.407 e. The molecule has 3 N–H and O–H groups in total. The van der Waals surface area contributed by atoms with Crippen LogP contribution in [0.25, 0.3) is 0 Å². The number of nitrogens with two attached hydrogens (primary N) is 1. The van der Waals surface area contributed by atoms with Crippen molar-refractivity contribution in [3.8, 4) is 0 Å². The van der Waals surface area contributed by atoms with Gasteiger partial charge in [-0.3, -0.25) is 4.79 Å². The normalized spacial score (nSPS) is 11.4. The molecule has 0 heterocycles. The highest BCUT2D eigenvalue weighted by Gasteiger charge is 2.16. The summed E-state index contributed by atoms with van der Waals surface area (Å²) in [5.41, 5.74) is 6.80. The van der Waals surface area contributed by atoms with Gasteiger partial charge in [0.25, 0.3) is 0 Å². The first-order valence-corrected chi connectivity index (χ1v) is 9.43. The molecule has 1 amide bonds. The van der Waals surface area contributed by atoms with Crippen LogP contribution in [0.3, 0.4) is 0 Å². The number of unbranched alkanes of at least 4 members (excludes halogenated alkanes) is 1. The summed E-state index contributed by atoms with van der Waals surface area (Å²) in [7, 11) is 0. The number of esters is 1. The Morgan fingerprint density at radius 1 is 1.07 bits per heavy atom. The summed E-state index contributed by atoms with van der Waals surface area (Å²) in [5.74, 6) is 0.0596. The van der Waals surface area contributed by atoms with E-state index in [2.05, 4.69) is 19.2 Å². The lowest BCUT2D eigenvalue weighted by Crippen LogP contribution is -2.33. The van der Waals surface area contributed by atoms with Crippen molar-refractivity contribution < 1.29 is 19.1 Å². The molecule has 1 aromatic carbocycles. The van der Waals surface area contributed by atoms with Crippen LogP contribution < -0.4 is 11.1 Å². The lowest BCUT2D eigenvalue weighted by molar-refractivity contribution is -0.146. The maximum Gasteiger partial charge on any atom is 0.407 e. The average molecular weight is 401 g/mol. The maximum absolute atomic E-state index is 11.8. The molecule has 0 aliphatic heterocycles. The molecule has 1 aromatic rings. The van der Waals surface area contributed by atoms with E-state index in [-0.39, 0.29) is 25.0 Å². The average Bonchev–Trinajstić information content (AvgIpc) is 2.67. The number of amides is 1. The molecule has 27 heavy (non-hydrogen) atoms. The van der Waals surface area contributed by atoms with Crippen molar-refractivity contribution in [2.75, 3.05) is 13.2 Å². The van der Waals surface area contributed by atoms with Gasteiger partial charge in [-0.1, -0.05) is 57.0 Å². The third kappa shape index (κ3) is 11.5. The van der Waals surface area contributed by atoms with Gasteiger partial charge in [-0.05, 0) is 30.7 Å². The van der Waals surface area contributed by atoms with Crippen LogP contribution >= 0.6 is 12.4 Å². The Balaban J connectivity index is 0.00000676. The molecular formula is C20H33ClN2O4. The van der Waals surface area contributed by atoms with E-state index in [1.165, 1.54) is 0 Å². The van der Waals surface area contributed by atoms with Crippen LogP contribution in [0, 0.1) is 5.92 Å². The summed E-state index contributed by atoms with van der Waals surface area (Å²) < 4.78 is 10.4. The number of nitrogens with one attached hydrogen (secondary N) is 1. The Morgan fingerprint density at radius 2 is 1.74 bits per heavy atom. The first-order valence-electron chi connectivity index (χ1n) is 9.43. The molecule has 0 fully saturated rings. The summed E-state index contributed by atoms with van der Waals surface area (Å²) in [4.78, 5) is 23.4. The molecule has 0 radical (unpaired) electrons. The molecule has 7 heteroatoms. The number of rotatable bonds is 12. The predicted molar refractivity (Wildman–Crippen MR) is 109 cm³/mol. The van der Waals surface area contributed by atoms with Gasteiger partial charge in [-0.15, -0.1) is 12.4 Å². The highest BCUT2D eigenvalue weighted by molar-refractivity contribution is 5.85. The fourth-order valence-corrected chi connectivity index (χ4v) is 2.40. The molecule has 154 valence electrons. The maximum atomic E-state index is 11.8. The van der Waals surface area contributed by atoms with Crippen LogP contribution in [0.2, 0.25) is 0 Å². The van der Waals surface area contributed by atoms with E-state index in [0.717, 1.165) is 31.2 Å². The lowest BCUT2D eigenvalue weighted by atomic mass is 10.1. The SMILES string of the molecule is CCC(CC)COC(=O)C(N)CCCCNC(=O)OCc1ccccc1.Cl. The molecule has 0 spiro atoms. The van der Waals surface area contributed by atoms with Crippen molar-refractivity contribution in [2.45, 2.75) is 58.6 Å². The number of alkyl carbamates (subject to hydrolysis) is 1. The first-order chi connectivity index (χ1) is 12.6. The van der Waals surface area contributed by atoms with Crippen molar-refractivity contribution in [3.63, 3.8) is 0 Å². The van der Waals surface area contributed by atoms with Gasteiger partial charge in [0, 0.05) is 6.54 Å². The van der Waals surface area contributed by atoms with Gasteiger partial charge >= 0.3 is 12.1 Å². The summed E-state index contributed by atoms with van der Waals surface area (Å²) in [6.45, 7) is 5.34. The zero-order valence-electron chi connectivity index (χ0n) is 16.3. The summed E-state index contributed by atoms with van der Waals surface area (Å²) >= 11 is 0. The molecule has 0 saturated heterocycles. The van der Waals surface area contributed by atoms with Crippen molar-refractivity contribution in [1.82, 2.24) is 5.32 Å². The lowest BCUT2D eigenvalue weighted by Gasteiger charge is -2.15. The second-order valence-electron chi connectivity index (χ2n) is 6.40. The number of hydrogen-bond donors (Lipinski definition) is 2. The zero-order valence-corrected chi connectivity index (χ0v) is 17.1. The second kappa shape index (κ2) is 15.3. The van der Waals surface area contributed by atoms with Gasteiger partial charge in [0.2, 0.25) is 0 Å². The predicted octanol–water partition coefficient (Wildman–Crippen LogP) is 3.81. The largest absolute Gasteiger partial charge is 0.464 e. The Morgan fingerprint density at radius 3 is 2.37 bits per heavy atom. The van der Waals surface area contributed by atoms with E-state index < -0.39 is 12.1 Å². The van der Waals surface area contributed by atoms with Gasteiger partial charge in [0.15, 0.2) is 0 Å². The quantitative estimate of drug-likeness (QED) is 0.411. The Kier molecular flexibility index (Phi) is 14.3. The fourth-order valence-electron chi connectivity index (χ4n) is 2.40. The number of carbonyl (C=O) groups excluding carboxylic acids is 2. The van der Waals surface area contributed by atoms with Crippen molar-refractivity contribution in [3.05, 3.63) is 35.9 Å². The third-order valence-electron chi connectivity index (χ3n) is 4.34. The monoisotopic (exact) mass is 400 g/mol. The Labute approximate surface area is 168 Å². The minimum atomic E-state index is -0.602. The van der Waals surface area contributed by atoms with E-state index in [9.17, 15) is 9.59 Å². The van der Waals surface area contributed by atoms with Crippen molar-refractivity contribution in [1.29, 1.82) is 0 Å². The number of ether oxygens (including phenoxy) is 2. The molecule has 0 aromatic heterocycles. The molecule has 1 rings (SSSR count). The van der Waals surface area contributed by atoms with E-state index in [1.54, 1.807) is 0 Å². The number of benzene rings is 1. The van der Waals surface area contributed by atoms with Gasteiger partial charge in [0.1, 0.15) is 12.6 Å². The highest BCUT2D eigenvalue weighted by Crippen LogP contribution is 2.09. The van der Waals surface area contributed by atoms with Crippen LogP contribution in [0.1, 0.15) is 51.5 Å². The molecule has 1 atom stereocenters. The molecule has 0 saturated carbocycles. The second-order valence-corrected chi connectivity index (χ2v) is 6.40. The fraction of sp³-hybridized carbons (Fsp3) is 0.600. The molecule has 0 aliphatic carbocycles. The topological polar surface area (TPSA) is 90.6 Å². The Bertz CT molecular complexity index is 524. The van der Waals surface area contributed by atoms with Crippen molar-refractivity contribution >= 4 is 24.5 Å². The van der Waals surface area contributed by atoms with E-state index in [4.69, 9.17) is 15.2 Å². The standard InChI is InChI=1S/C20H32N2O4.ClH/c1-3-16(4-2)14-25-19(23)18(21)12-8-9-13-22-20(24)26-15-17-10-6-5-7-11-17;/h5-7,10-11,16,18H,3-4,8-9,12-15,21H2,1-2H3,(H,22,24);1H. The van der Waals surface area contributed by atoms with Crippen LogP contribution in [0.15, 0.2) is 30.3 Å². The molecule has 1 unspecified atom stereocenters. The minimum Gasteiger partial charge on any atom is -0.464 e. The molecule has 6 nitrogen and oxygen atoms in total. The van der Waals surface area contributed by atoms with Crippen LogP contribution in [0.5, 0.6) is 0 Å². The molecular weight excluding hydrogens is 368 g/mol. The number of hydrogen-bond acceptors (Lipinski definition) is 5. The van der Waals surface area contributed by atoms with Gasteiger partial charge < -0.3 is 20.5 Å². The number of carbonyl (C=O) groups is 2. The van der Waals surface area contributed by atoms with Gasteiger partial charge in [-0.2, -0.15) is 0 Å². The van der Waals surface area contributed by atoms with Gasteiger partial charge in [-0.25, -0.2) is 4.79 Å². The highest BCUT2D eigenvalue weighted by atomic mass is 35.5. The summed E-state index contributed by atoms with van der Waals surface area (Å²) in [6, 6.07) is 8.91.